The molecule has 1 heterocycles. The third-order valence-corrected chi connectivity index (χ3v) is 4.98. The summed E-state index contributed by atoms with van der Waals surface area (Å²) in [6, 6.07) is 11.7. The van der Waals surface area contributed by atoms with E-state index in [1.807, 2.05) is 70.4 Å². The van der Waals surface area contributed by atoms with E-state index in [4.69, 9.17) is 10.2 Å². The summed E-state index contributed by atoms with van der Waals surface area (Å²) in [7, 11) is -4.16. The normalized spacial score (nSPS) is 11.8. The average Bonchev–Trinajstić information content (AvgIpc) is 2.67. The van der Waals surface area contributed by atoms with Crippen LogP contribution in [-0.2, 0) is 16.7 Å². The van der Waals surface area contributed by atoms with E-state index in [-0.39, 0.29) is 19.0 Å². The maximum atomic E-state index is 10.6. The molecule has 1 aromatic heterocycles. The van der Waals surface area contributed by atoms with E-state index in [9.17, 15) is 13.0 Å². The zero-order valence-electron chi connectivity index (χ0n) is 15.6. The molecule has 0 saturated heterocycles. The predicted molar refractivity (Wildman–Crippen MR) is 108 cm³/mol. The van der Waals surface area contributed by atoms with Gasteiger partial charge in [-0.15, -0.1) is 0 Å². The van der Waals surface area contributed by atoms with Crippen LogP contribution in [0.3, 0.4) is 0 Å². The zero-order valence-corrected chi connectivity index (χ0v) is 16.5. The molecule has 2 rings (SSSR count). The van der Waals surface area contributed by atoms with Crippen molar-refractivity contribution in [2.45, 2.75) is 13.0 Å². The smallest absolute Gasteiger partial charge is 0.169 e. The molecule has 2 N–H and O–H groups in total. The molecule has 0 unspecified atom stereocenters. The van der Waals surface area contributed by atoms with Gasteiger partial charge in [-0.25, -0.2) is 13.0 Å². The quantitative estimate of drug-likeness (QED) is 0.424. The van der Waals surface area contributed by atoms with Gasteiger partial charge >= 0.3 is 0 Å². The summed E-state index contributed by atoms with van der Waals surface area (Å²) in [5, 5.41) is 18.2. The number of rotatable bonds is 11. The van der Waals surface area contributed by atoms with E-state index in [0.29, 0.717) is 26.1 Å². The fourth-order valence-electron chi connectivity index (χ4n) is 2.75. The number of hydrogen-bond donors (Lipinski definition) is 2. The van der Waals surface area contributed by atoms with Gasteiger partial charge in [0, 0.05) is 43.1 Å². The summed E-state index contributed by atoms with van der Waals surface area (Å²) in [5.74, 6) is -0.355. The van der Waals surface area contributed by atoms with E-state index in [1.165, 1.54) is 0 Å². The van der Waals surface area contributed by atoms with Gasteiger partial charge in [0.2, 0.25) is 0 Å². The number of hydrogen-bond acceptors (Lipinski definition) is 6. The Bertz CT molecular complexity index is 843. The van der Waals surface area contributed by atoms with Crippen molar-refractivity contribution in [3.05, 3.63) is 59.9 Å². The van der Waals surface area contributed by atoms with Crippen LogP contribution in [0.15, 0.2) is 48.8 Å². The summed E-state index contributed by atoms with van der Waals surface area (Å²) < 4.78 is 33.7. The van der Waals surface area contributed by atoms with Gasteiger partial charge in [0.05, 0.1) is 23.3 Å². The third kappa shape index (κ3) is 7.77. The molecular formula is C20H26N2O5S. The molecule has 0 amide bonds. The van der Waals surface area contributed by atoms with E-state index < -0.39 is 10.1 Å². The van der Waals surface area contributed by atoms with Crippen molar-refractivity contribution in [2.24, 2.45) is 0 Å². The van der Waals surface area contributed by atoms with Gasteiger partial charge in [0.15, 0.2) is 12.4 Å². The van der Waals surface area contributed by atoms with Gasteiger partial charge in [-0.2, -0.15) is 0 Å². The Morgan fingerprint density at radius 2 is 1.46 bits per heavy atom. The number of aromatic nitrogens is 1. The van der Waals surface area contributed by atoms with E-state index in [0.717, 1.165) is 16.8 Å². The van der Waals surface area contributed by atoms with Crippen LogP contribution >= 0.6 is 0 Å². The highest BCUT2D eigenvalue weighted by Gasteiger charge is 2.05. The first-order chi connectivity index (χ1) is 13.4. The lowest BCUT2D eigenvalue weighted by molar-refractivity contribution is -0.696. The predicted octanol–water partition coefficient (Wildman–Crippen LogP) is 0.871. The molecule has 0 saturated carbocycles. The number of benzene rings is 1. The van der Waals surface area contributed by atoms with Crippen LogP contribution in [0, 0.1) is 0 Å². The molecule has 0 aliphatic rings. The summed E-state index contributed by atoms with van der Waals surface area (Å²) in [4.78, 5) is 1.92. The highest BCUT2D eigenvalue weighted by Crippen LogP contribution is 2.16. The van der Waals surface area contributed by atoms with Crippen molar-refractivity contribution < 1.29 is 27.8 Å². The standard InChI is InChI=1S/C20H26N2O5S/c23-15-13-22(14-16-24)20-6-4-18(5-7-20)2-3-19-8-11-21(12-9-19)10-1-17-28(25,26)27/h2-9,11-12,23-24H,1,10,13-17H2. The van der Waals surface area contributed by atoms with Crippen LogP contribution in [0.1, 0.15) is 17.5 Å². The van der Waals surface area contributed by atoms with Crippen LogP contribution in [0.4, 0.5) is 5.69 Å². The topological polar surface area (TPSA) is 105 Å². The molecule has 28 heavy (non-hydrogen) atoms. The SMILES string of the molecule is O=S(=O)([O-])CCC[n+]1ccc(/C=C/c2ccc(N(CCO)CCO)cc2)cc1. The number of aliphatic hydroxyl groups is 2. The summed E-state index contributed by atoms with van der Waals surface area (Å²) in [6.07, 6.45) is 7.95. The van der Waals surface area contributed by atoms with Crippen LogP contribution < -0.4 is 9.47 Å². The highest BCUT2D eigenvalue weighted by atomic mass is 32.2. The van der Waals surface area contributed by atoms with Crippen molar-refractivity contribution in [3.63, 3.8) is 0 Å². The van der Waals surface area contributed by atoms with Crippen LogP contribution in [-0.4, -0.2) is 55.2 Å². The van der Waals surface area contributed by atoms with Gasteiger partial charge in [-0.3, -0.25) is 0 Å². The minimum atomic E-state index is -4.16. The van der Waals surface area contributed by atoms with Crippen molar-refractivity contribution in [1.29, 1.82) is 0 Å². The Labute approximate surface area is 165 Å². The first-order valence-corrected chi connectivity index (χ1v) is 10.7. The second kappa shape index (κ2) is 10.9. The summed E-state index contributed by atoms with van der Waals surface area (Å²) >= 11 is 0. The molecule has 1 aromatic carbocycles. The molecule has 152 valence electrons. The molecule has 0 aliphatic heterocycles. The lowest BCUT2D eigenvalue weighted by Crippen LogP contribution is -2.33. The van der Waals surface area contributed by atoms with E-state index in [2.05, 4.69) is 0 Å². The molecule has 0 fully saturated rings. The van der Waals surface area contributed by atoms with Crippen LogP contribution in [0.2, 0.25) is 0 Å². The minimum Gasteiger partial charge on any atom is -0.748 e. The average molecular weight is 407 g/mol. The van der Waals surface area contributed by atoms with Gasteiger partial charge in [0.1, 0.15) is 6.54 Å². The van der Waals surface area contributed by atoms with Gasteiger partial charge in [-0.05, 0) is 23.3 Å². The van der Waals surface area contributed by atoms with Crippen LogP contribution in [0.25, 0.3) is 12.2 Å². The fourth-order valence-corrected chi connectivity index (χ4v) is 3.24. The Morgan fingerprint density at radius 3 is 1.96 bits per heavy atom. The minimum absolute atomic E-state index is 0.0301. The number of anilines is 1. The highest BCUT2D eigenvalue weighted by molar-refractivity contribution is 7.85. The Hall–Kier alpha value is -2.26. The van der Waals surface area contributed by atoms with Crippen molar-refractivity contribution in [2.75, 3.05) is 37.0 Å². The first-order valence-electron chi connectivity index (χ1n) is 9.09. The fraction of sp³-hybridized carbons (Fsp3) is 0.350. The summed E-state index contributed by atoms with van der Waals surface area (Å²) in [5.41, 5.74) is 2.97. The first kappa shape index (κ1) is 22.0. The molecule has 8 heteroatoms. The van der Waals surface area contributed by atoms with Crippen molar-refractivity contribution in [3.8, 4) is 0 Å². The van der Waals surface area contributed by atoms with Gasteiger partial charge < -0.3 is 19.7 Å². The molecule has 0 radical (unpaired) electrons. The van der Waals surface area contributed by atoms with Gasteiger partial charge in [-0.1, -0.05) is 24.3 Å². The van der Waals surface area contributed by atoms with Crippen LogP contribution in [0.5, 0.6) is 0 Å². The molecule has 2 aromatic rings. The lowest BCUT2D eigenvalue weighted by Gasteiger charge is -2.22. The van der Waals surface area contributed by atoms with Gasteiger partial charge in [0.25, 0.3) is 0 Å². The number of aliphatic hydroxyl groups excluding tert-OH is 2. The number of nitrogens with zero attached hydrogens (tertiary/aromatic N) is 2. The number of pyridine rings is 1. The third-order valence-electron chi connectivity index (χ3n) is 4.19. The number of aryl methyl sites for hydroxylation is 1. The zero-order chi connectivity index (χ0) is 20.4. The Kier molecular flexibility index (Phi) is 8.59. The molecule has 0 spiro atoms. The largest absolute Gasteiger partial charge is 0.748 e. The Balaban J connectivity index is 1.94. The molecule has 0 bridgehead atoms. The molecule has 7 nitrogen and oxygen atoms in total. The lowest BCUT2D eigenvalue weighted by atomic mass is 10.1. The summed E-state index contributed by atoms with van der Waals surface area (Å²) in [6.45, 7) is 1.48. The molecular weight excluding hydrogens is 380 g/mol. The van der Waals surface area contributed by atoms with E-state index >= 15 is 0 Å². The van der Waals surface area contributed by atoms with E-state index in [1.54, 1.807) is 0 Å². The second-order valence-electron chi connectivity index (χ2n) is 6.34. The maximum Gasteiger partial charge on any atom is 0.169 e. The second-order valence-corrected chi connectivity index (χ2v) is 7.87. The Morgan fingerprint density at radius 1 is 0.929 bits per heavy atom. The molecule has 0 aliphatic carbocycles. The van der Waals surface area contributed by atoms with Crippen molar-refractivity contribution >= 4 is 28.0 Å². The monoisotopic (exact) mass is 406 g/mol. The molecule has 0 atom stereocenters. The van der Waals surface area contributed by atoms with Crippen molar-refractivity contribution in [1.82, 2.24) is 0 Å². The maximum absolute atomic E-state index is 10.6.